The van der Waals surface area contributed by atoms with Crippen LogP contribution in [-0.2, 0) is 6.42 Å². The number of anilines is 1. The molecule has 2 aliphatic carbocycles. The van der Waals surface area contributed by atoms with Crippen LogP contribution in [0.1, 0.15) is 43.7 Å². The molecule has 0 spiro atoms. The summed E-state index contributed by atoms with van der Waals surface area (Å²) in [5.41, 5.74) is 10.3. The quantitative estimate of drug-likeness (QED) is 0.848. The molecule has 0 saturated heterocycles. The number of nitrogens with two attached hydrogens (primary N) is 1. The highest BCUT2D eigenvalue weighted by atomic mass is 15.2. The fourth-order valence-corrected chi connectivity index (χ4v) is 2.91. The molecule has 0 bridgehead atoms. The molecule has 1 aromatic carbocycles. The van der Waals surface area contributed by atoms with Gasteiger partial charge in [-0.25, -0.2) is 0 Å². The van der Waals surface area contributed by atoms with Gasteiger partial charge in [-0.3, -0.25) is 0 Å². The average Bonchev–Trinajstić information content (AvgIpc) is 3.21. The summed E-state index contributed by atoms with van der Waals surface area (Å²) in [4.78, 5) is 2.68. The molecule has 1 unspecified atom stereocenters. The Bertz CT molecular complexity index is 445. The number of rotatable bonds is 6. The summed E-state index contributed by atoms with van der Waals surface area (Å²) in [5, 5.41) is 0. The summed E-state index contributed by atoms with van der Waals surface area (Å²) in [6, 6.07) is 7.95. The maximum atomic E-state index is 6.03. The van der Waals surface area contributed by atoms with Crippen molar-refractivity contribution in [2.24, 2.45) is 11.7 Å². The van der Waals surface area contributed by atoms with Crippen molar-refractivity contribution in [3.8, 4) is 0 Å². The molecular formula is C17H26N2. The summed E-state index contributed by atoms with van der Waals surface area (Å²) in [6.07, 6.45) is 6.59. The van der Waals surface area contributed by atoms with E-state index in [2.05, 4.69) is 36.9 Å². The Labute approximate surface area is 117 Å². The third-order valence-corrected chi connectivity index (χ3v) is 4.23. The predicted molar refractivity (Wildman–Crippen MR) is 81.6 cm³/mol. The molecule has 0 aliphatic heterocycles. The minimum atomic E-state index is 0.238. The average molecular weight is 258 g/mol. The van der Waals surface area contributed by atoms with Crippen LogP contribution < -0.4 is 10.6 Å². The molecule has 1 atom stereocenters. The largest absolute Gasteiger partial charge is 0.368 e. The van der Waals surface area contributed by atoms with E-state index in [-0.39, 0.29) is 6.04 Å². The zero-order valence-electron chi connectivity index (χ0n) is 12.2. The van der Waals surface area contributed by atoms with Crippen LogP contribution in [0.5, 0.6) is 0 Å². The first-order valence-corrected chi connectivity index (χ1v) is 7.75. The number of aryl methyl sites for hydroxylation is 1. The van der Waals surface area contributed by atoms with E-state index in [0.29, 0.717) is 0 Å². The maximum Gasteiger partial charge on any atom is 0.0402 e. The van der Waals surface area contributed by atoms with Crippen LogP contribution in [0.15, 0.2) is 18.2 Å². The van der Waals surface area contributed by atoms with Gasteiger partial charge in [0.05, 0.1) is 0 Å². The number of benzene rings is 1. The zero-order chi connectivity index (χ0) is 13.4. The molecule has 2 fully saturated rings. The van der Waals surface area contributed by atoms with E-state index in [0.717, 1.165) is 18.4 Å². The maximum absolute atomic E-state index is 6.03. The molecule has 104 valence electrons. The van der Waals surface area contributed by atoms with Gasteiger partial charge in [-0.2, -0.15) is 0 Å². The fraction of sp³-hybridized carbons (Fsp3) is 0.647. The second-order valence-electron chi connectivity index (χ2n) is 6.64. The van der Waals surface area contributed by atoms with Crippen LogP contribution in [-0.4, -0.2) is 18.6 Å². The summed E-state index contributed by atoms with van der Waals surface area (Å²) in [7, 11) is 0. The van der Waals surface area contributed by atoms with Gasteiger partial charge in [0.15, 0.2) is 0 Å². The normalized spacial score (nSPS) is 20.4. The fourth-order valence-electron chi connectivity index (χ4n) is 2.91. The van der Waals surface area contributed by atoms with Crippen molar-refractivity contribution < 1.29 is 0 Å². The smallest absolute Gasteiger partial charge is 0.0402 e. The van der Waals surface area contributed by atoms with Crippen molar-refractivity contribution in [3.63, 3.8) is 0 Å². The lowest BCUT2D eigenvalue weighted by Crippen LogP contribution is -2.30. The molecule has 0 amide bonds. The first-order valence-electron chi connectivity index (χ1n) is 7.75. The minimum Gasteiger partial charge on any atom is -0.368 e. The van der Waals surface area contributed by atoms with Gasteiger partial charge >= 0.3 is 0 Å². The molecule has 2 nitrogen and oxygen atoms in total. The SMILES string of the molecule is Cc1ccc(N(CC2CC2)C2CC2)c(CC(C)N)c1. The topological polar surface area (TPSA) is 29.3 Å². The van der Waals surface area contributed by atoms with Crippen molar-refractivity contribution in [1.29, 1.82) is 0 Å². The molecular weight excluding hydrogens is 232 g/mol. The molecule has 2 aliphatic rings. The van der Waals surface area contributed by atoms with E-state index in [4.69, 9.17) is 5.73 Å². The number of nitrogens with zero attached hydrogens (tertiary/aromatic N) is 1. The number of hydrogen-bond donors (Lipinski definition) is 1. The monoisotopic (exact) mass is 258 g/mol. The summed E-state index contributed by atoms with van der Waals surface area (Å²) >= 11 is 0. The van der Waals surface area contributed by atoms with Gasteiger partial charge in [0.2, 0.25) is 0 Å². The Kier molecular flexibility index (Phi) is 3.53. The molecule has 0 aromatic heterocycles. The minimum absolute atomic E-state index is 0.238. The van der Waals surface area contributed by atoms with Gasteiger partial charge < -0.3 is 10.6 Å². The Morgan fingerprint density at radius 2 is 2.00 bits per heavy atom. The lowest BCUT2D eigenvalue weighted by atomic mass is 10.0. The van der Waals surface area contributed by atoms with Gasteiger partial charge in [-0.15, -0.1) is 0 Å². The van der Waals surface area contributed by atoms with E-state index in [1.807, 2.05) is 0 Å². The second kappa shape index (κ2) is 5.16. The molecule has 19 heavy (non-hydrogen) atoms. The highest BCUT2D eigenvalue weighted by Gasteiger charge is 2.34. The van der Waals surface area contributed by atoms with Gasteiger partial charge in [0, 0.05) is 24.3 Å². The van der Waals surface area contributed by atoms with Crippen LogP contribution in [0.25, 0.3) is 0 Å². The summed E-state index contributed by atoms with van der Waals surface area (Å²) in [6.45, 7) is 5.55. The van der Waals surface area contributed by atoms with Crippen LogP contribution in [0.4, 0.5) is 5.69 Å². The van der Waals surface area contributed by atoms with Crippen molar-refractivity contribution in [3.05, 3.63) is 29.3 Å². The van der Waals surface area contributed by atoms with Crippen LogP contribution >= 0.6 is 0 Å². The molecule has 2 saturated carbocycles. The Morgan fingerprint density at radius 3 is 2.58 bits per heavy atom. The van der Waals surface area contributed by atoms with E-state index in [9.17, 15) is 0 Å². The Morgan fingerprint density at radius 1 is 1.26 bits per heavy atom. The summed E-state index contributed by atoms with van der Waals surface area (Å²) in [5.74, 6) is 0.949. The predicted octanol–water partition coefficient (Wildman–Crippen LogP) is 3.26. The Hall–Kier alpha value is -1.02. The molecule has 0 heterocycles. The molecule has 1 aromatic rings. The van der Waals surface area contributed by atoms with Crippen LogP contribution in [0, 0.1) is 12.8 Å². The number of hydrogen-bond acceptors (Lipinski definition) is 2. The molecule has 2 heteroatoms. The Balaban J connectivity index is 1.86. The molecule has 2 N–H and O–H groups in total. The van der Waals surface area contributed by atoms with Gasteiger partial charge in [-0.1, -0.05) is 17.7 Å². The first-order chi connectivity index (χ1) is 9.13. The van der Waals surface area contributed by atoms with Gasteiger partial charge in [-0.05, 0) is 63.5 Å². The standard InChI is InChI=1S/C17H26N2/c1-12-3-8-17(15(9-12)10-13(2)18)19(16-6-7-16)11-14-4-5-14/h3,8-9,13-14,16H,4-7,10-11,18H2,1-2H3. The van der Waals surface area contributed by atoms with Crippen LogP contribution in [0.3, 0.4) is 0 Å². The highest BCUT2D eigenvalue weighted by molar-refractivity contribution is 5.57. The van der Waals surface area contributed by atoms with E-state index in [1.165, 1.54) is 49.0 Å². The highest BCUT2D eigenvalue weighted by Crippen LogP contribution is 2.39. The van der Waals surface area contributed by atoms with E-state index in [1.54, 1.807) is 0 Å². The third-order valence-electron chi connectivity index (χ3n) is 4.23. The van der Waals surface area contributed by atoms with Crippen molar-refractivity contribution in [2.75, 3.05) is 11.4 Å². The molecule has 0 radical (unpaired) electrons. The second-order valence-corrected chi connectivity index (χ2v) is 6.64. The van der Waals surface area contributed by atoms with E-state index >= 15 is 0 Å². The lowest BCUT2D eigenvalue weighted by Gasteiger charge is -2.28. The van der Waals surface area contributed by atoms with E-state index < -0.39 is 0 Å². The third kappa shape index (κ3) is 3.30. The van der Waals surface area contributed by atoms with Crippen molar-refractivity contribution in [1.82, 2.24) is 0 Å². The van der Waals surface area contributed by atoms with Crippen molar-refractivity contribution in [2.45, 2.75) is 58.0 Å². The van der Waals surface area contributed by atoms with Crippen LogP contribution in [0.2, 0.25) is 0 Å². The van der Waals surface area contributed by atoms with Gasteiger partial charge in [0.25, 0.3) is 0 Å². The zero-order valence-corrected chi connectivity index (χ0v) is 12.2. The molecule has 3 rings (SSSR count). The lowest BCUT2D eigenvalue weighted by molar-refractivity contribution is 0.698. The van der Waals surface area contributed by atoms with Gasteiger partial charge in [0.1, 0.15) is 0 Å². The summed E-state index contributed by atoms with van der Waals surface area (Å²) < 4.78 is 0. The van der Waals surface area contributed by atoms with Crippen molar-refractivity contribution >= 4 is 5.69 Å². The first kappa shape index (κ1) is 13.0.